The Labute approximate surface area is 210 Å². The molecule has 0 radical (unpaired) electrons. The van der Waals surface area contributed by atoms with E-state index in [9.17, 15) is 9.18 Å². The molecule has 1 saturated heterocycles. The summed E-state index contributed by atoms with van der Waals surface area (Å²) in [5.41, 5.74) is 1.93. The van der Waals surface area contributed by atoms with E-state index in [-0.39, 0.29) is 16.5 Å². The van der Waals surface area contributed by atoms with Gasteiger partial charge in [-0.05, 0) is 29.8 Å². The van der Waals surface area contributed by atoms with E-state index in [1.807, 2.05) is 23.7 Å². The van der Waals surface area contributed by atoms with Crippen LogP contribution in [0.1, 0.15) is 21.6 Å². The van der Waals surface area contributed by atoms with Gasteiger partial charge in [-0.3, -0.25) is 9.69 Å². The highest BCUT2D eigenvalue weighted by Crippen LogP contribution is 2.22. The fourth-order valence-electron chi connectivity index (χ4n) is 3.96. The molecule has 1 aliphatic rings. The summed E-state index contributed by atoms with van der Waals surface area (Å²) in [6.45, 7) is 3.47. The summed E-state index contributed by atoms with van der Waals surface area (Å²) in [4.78, 5) is 25.7. The van der Waals surface area contributed by atoms with Gasteiger partial charge in [-0.1, -0.05) is 22.9 Å². The molecule has 180 valence electrons. The van der Waals surface area contributed by atoms with Crippen molar-refractivity contribution in [3.8, 4) is 0 Å². The lowest BCUT2D eigenvalue weighted by atomic mass is 10.1. The van der Waals surface area contributed by atoms with Gasteiger partial charge in [-0.25, -0.2) is 19.0 Å². The number of aromatic nitrogens is 5. The lowest BCUT2D eigenvalue weighted by Gasteiger charge is -2.34. The first-order valence-corrected chi connectivity index (χ1v) is 12.3. The van der Waals surface area contributed by atoms with Gasteiger partial charge in [0.2, 0.25) is 0 Å². The molecule has 0 atom stereocenters. The Kier molecular flexibility index (Phi) is 6.98. The fourth-order valence-corrected chi connectivity index (χ4v) is 4.67. The van der Waals surface area contributed by atoms with Crippen molar-refractivity contribution in [2.45, 2.75) is 13.1 Å². The summed E-state index contributed by atoms with van der Waals surface area (Å²) in [6, 6.07) is 8.52. The highest BCUT2D eigenvalue weighted by atomic mass is 35.5. The van der Waals surface area contributed by atoms with Crippen LogP contribution in [0.25, 0.3) is 0 Å². The zero-order valence-electron chi connectivity index (χ0n) is 18.6. The predicted molar refractivity (Wildman–Crippen MR) is 131 cm³/mol. The summed E-state index contributed by atoms with van der Waals surface area (Å²) in [7, 11) is 0. The van der Waals surface area contributed by atoms with Crippen LogP contribution in [0, 0.1) is 5.82 Å². The van der Waals surface area contributed by atoms with Crippen LogP contribution in [0.2, 0.25) is 5.02 Å². The van der Waals surface area contributed by atoms with Crippen LogP contribution in [0.3, 0.4) is 0 Å². The molecule has 9 nitrogen and oxygen atoms in total. The lowest BCUT2D eigenvalue weighted by molar-refractivity contribution is 0.0622. The Morgan fingerprint density at radius 3 is 2.74 bits per heavy atom. The summed E-state index contributed by atoms with van der Waals surface area (Å²) < 4.78 is 16.1. The number of carbonyl (C=O) groups excluding carboxylic acids is 1. The zero-order valence-corrected chi connectivity index (χ0v) is 20.2. The van der Waals surface area contributed by atoms with Gasteiger partial charge in [-0.2, -0.15) is 0 Å². The van der Waals surface area contributed by atoms with E-state index in [1.54, 1.807) is 28.0 Å². The highest BCUT2D eigenvalue weighted by molar-refractivity contribution is 7.13. The van der Waals surface area contributed by atoms with Crippen LogP contribution in [0.15, 0.2) is 54.3 Å². The Hall–Kier alpha value is -3.41. The Morgan fingerprint density at radius 1 is 1.14 bits per heavy atom. The van der Waals surface area contributed by atoms with Gasteiger partial charge < -0.3 is 10.2 Å². The quantitative estimate of drug-likeness (QED) is 0.404. The van der Waals surface area contributed by atoms with Crippen LogP contribution >= 0.6 is 22.9 Å². The molecule has 12 heteroatoms. The predicted octanol–water partition coefficient (Wildman–Crippen LogP) is 3.67. The minimum Gasteiger partial charge on any atom is -0.336 e. The van der Waals surface area contributed by atoms with E-state index in [0.29, 0.717) is 45.1 Å². The third-order valence-electron chi connectivity index (χ3n) is 5.65. The molecule has 0 bridgehead atoms. The molecule has 3 aromatic heterocycles. The standard InChI is InChI=1S/C23H22ClFN8OS/c24-19-3-1-2-18(21(19)25)22(34)32-9-7-31(8-10-32)15-17-12-16(14-33-6-4-27-30-33)13-20(28-17)29-23-26-5-11-35-23/h1-6,11-13H,7-10,14-15H2,(H,26,28,29). The van der Waals surface area contributed by atoms with E-state index >= 15 is 0 Å². The molecule has 1 aromatic carbocycles. The molecular formula is C23H22ClFN8OS. The number of benzene rings is 1. The van der Waals surface area contributed by atoms with Gasteiger partial charge in [0.05, 0.1) is 29.0 Å². The zero-order chi connectivity index (χ0) is 24.2. The molecule has 4 heterocycles. The van der Waals surface area contributed by atoms with Crippen molar-refractivity contribution in [3.63, 3.8) is 0 Å². The number of rotatable bonds is 7. The van der Waals surface area contributed by atoms with Crippen LogP contribution in [0.4, 0.5) is 15.3 Å². The first-order valence-electron chi connectivity index (χ1n) is 11.0. The van der Waals surface area contributed by atoms with Crippen molar-refractivity contribution >= 4 is 39.8 Å². The number of thiazole rings is 1. The SMILES string of the molecule is O=C(c1cccc(Cl)c1F)N1CCN(Cc2cc(Cn3ccnn3)cc(Nc3nccs3)n2)CC1. The Morgan fingerprint density at radius 2 is 2.00 bits per heavy atom. The average Bonchev–Trinajstić information content (AvgIpc) is 3.55. The number of amides is 1. The third-order valence-corrected chi connectivity index (χ3v) is 6.63. The maximum Gasteiger partial charge on any atom is 0.256 e. The van der Waals surface area contributed by atoms with Gasteiger partial charge in [0.1, 0.15) is 5.82 Å². The second-order valence-corrected chi connectivity index (χ2v) is 9.39. The van der Waals surface area contributed by atoms with Gasteiger partial charge >= 0.3 is 0 Å². The number of pyridine rings is 1. The minimum absolute atomic E-state index is 0.00586. The van der Waals surface area contributed by atoms with E-state index < -0.39 is 5.82 Å². The van der Waals surface area contributed by atoms with Crippen LogP contribution in [0.5, 0.6) is 0 Å². The molecule has 1 N–H and O–H groups in total. The number of nitrogens with one attached hydrogen (secondary N) is 1. The number of carbonyl (C=O) groups is 1. The maximum absolute atomic E-state index is 14.3. The van der Waals surface area contributed by atoms with Gasteiger partial charge in [0.15, 0.2) is 10.9 Å². The van der Waals surface area contributed by atoms with Gasteiger partial charge in [0, 0.05) is 50.5 Å². The molecular weight excluding hydrogens is 491 g/mol. The summed E-state index contributed by atoms with van der Waals surface area (Å²) in [6.07, 6.45) is 5.20. The van der Waals surface area contributed by atoms with Crippen molar-refractivity contribution < 1.29 is 9.18 Å². The van der Waals surface area contributed by atoms with Crippen LogP contribution in [-0.4, -0.2) is 66.8 Å². The molecule has 0 aliphatic carbocycles. The minimum atomic E-state index is -0.671. The molecule has 0 unspecified atom stereocenters. The molecule has 1 fully saturated rings. The van der Waals surface area contributed by atoms with Crippen molar-refractivity contribution in [1.29, 1.82) is 0 Å². The van der Waals surface area contributed by atoms with E-state index in [4.69, 9.17) is 16.6 Å². The Balaban J connectivity index is 1.27. The number of piperazine rings is 1. The van der Waals surface area contributed by atoms with Crippen LogP contribution in [-0.2, 0) is 13.1 Å². The number of nitrogens with zero attached hydrogens (tertiary/aromatic N) is 7. The van der Waals surface area contributed by atoms with Crippen LogP contribution < -0.4 is 5.32 Å². The number of hydrogen-bond donors (Lipinski definition) is 1. The third kappa shape index (κ3) is 5.64. The van der Waals surface area contributed by atoms with Gasteiger partial charge in [0.25, 0.3) is 5.91 Å². The van der Waals surface area contributed by atoms with E-state index in [0.717, 1.165) is 16.4 Å². The molecule has 1 aliphatic heterocycles. The maximum atomic E-state index is 14.3. The number of halogens is 2. The van der Waals surface area contributed by atoms with Crippen molar-refractivity contribution in [3.05, 3.63) is 82.0 Å². The second kappa shape index (κ2) is 10.5. The molecule has 35 heavy (non-hydrogen) atoms. The van der Waals surface area contributed by atoms with Gasteiger partial charge in [-0.15, -0.1) is 16.4 Å². The van der Waals surface area contributed by atoms with Crippen molar-refractivity contribution in [1.82, 2.24) is 34.8 Å². The summed E-state index contributed by atoms with van der Waals surface area (Å²) in [5.74, 6) is -0.305. The highest BCUT2D eigenvalue weighted by Gasteiger charge is 2.25. The summed E-state index contributed by atoms with van der Waals surface area (Å²) >= 11 is 7.35. The summed E-state index contributed by atoms with van der Waals surface area (Å²) in [5, 5.41) is 13.8. The van der Waals surface area contributed by atoms with Crippen molar-refractivity contribution in [2.24, 2.45) is 0 Å². The first kappa shape index (κ1) is 23.3. The molecule has 4 aromatic rings. The topological polar surface area (TPSA) is 92.1 Å². The second-order valence-electron chi connectivity index (χ2n) is 8.08. The number of anilines is 2. The molecule has 0 spiro atoms. The normalized spacial score (nSPS) is 14.3. The van der Waals surface area contributed by atoms with E-state index in [2.05, 4.69) is 25.5 Å². The smallest absolute Gasteiger partial charge is 0.256 e. The largest absolute Gasteiger partial charge is 0.336 e. The van der Waals surface area contributed by atoms with E-state index in [1.165, 1.54) is 23.5 Å². The fraction of sp³-hybridized carbons (Fsp3) is 0.261. The average molecular weight is 513 g/mol. The molecule has 5 rings (SSSR count). The monoisotopic (exact) mass is 512 g/mol. The van der Waals surface area contributed by atoms with Crippen molar-refractivity contribution in [2.75, 3.05) is 31.5 Å². The lowest BCUT2D eigenvalue weighted by Crippen LogP contribution is -2.48. The molecule has 0 saturated carbocycles. The number of hydrogen-bond acceptors (Lipinski definition) is 8. The first-order chi connectivity index (χ1) is 17.0. The molecule has 1 amide bonds. The Bertz CT molecular complexity index is 1240.